The molecule has 100 valence electrons. The first kappa shape index (κ1) is 13.2. The summed E-state index contributed by atoms with van der Waals surface area (Å²) in [4.78, 5) is 11.5. The third-order valence-electron chi connectivity index (χ3n) is 2.87. The Morgan fingerprint density at radius 3 is 3.00 bits per heavy atom. The molecule has 6 nitrogen and oxygen atoms in total. The average molecular weight is 261 g/mol. The van der Waals surface area contributed by atoms with Crippen molar-refractivity contribution >= 4 is 6.09 Å². The van der Waals surface area contributed by atoms with Gasteiger partial charge in [-0.1, -0.05) is 6.07 Å². The van der Waals surface area contributed by atoms with Crippen LogP contribution in [0.4, 0.5) is 4.79 Å². The zero-order chi connectivity index (χ0) is 13.7. The maximum absolute atomic E-state index is 11.5. The van der Waals surface area contributed by atoms with Crippen molar-refractivity contribution in [1.82, 2.24) is 10.6 Å². The Kier molecular flexibility index (Phi) is 4.21. The fourth-order valence-corrected chi connectivity index (χ4v) is 1.66. The number of rotatable bonds is 4. The normalized spacial score (nSPS) is 16.9. The molecule has 1 saturated heterocycles. The van der Waals surface area contributed by atoms with Crippen molar-refractivity contribution in [1.29, 1.82) is 5.26 Å². The van der Waals surface area contributed by atoms with Crippen LogP contribution in [0.15, 0.2) is 18.2 Å². The minimum atomic E-state index is -0.469. The van der Waals surface area contributed by atoms with Crippen LogP contribution in [-0.4, -0.2) is 26.0 Å². The Balaban J connectivity index is 1.91. The maximum Gasteiger partial charge on any atom is 0.408 e. The number of benzene rings is 1. The number of hydrogen-bond acceptors (Lipinski definition) is 5. The lowest BCUT2D eigenvalue weighted by molar-refractivity contribution is 0.0375. The summed E-state index contributed by atoms with van der Waals surface area (Å²) in [6.07, 6.45) is 0.194. The van der Waals surface area contributed by atoms with Gasteiger partial charge in [-0.15, -0.1) is 0 Å². The standard InChI is InChI=1S/C13H15N3O3/c1-18-11-6-9(7-14)2-3-10(11)8-16-13(17)19-12-4-5-15-12/h2-3,6,12,15H,4-5,8H2,1H3,(H,16,17). The Hall–Kier alpha value is -2.26. The number of amides is 1. The van der Waals surface area contributed by atoms with Gasteiger partial charge in [0, 0.05) is 25.1 Å². The Labute approximate surface area is 111 Å². The monoisotopic (exact) mass is 261 g/mol. The molecule has 19 heavy (non-hydrogen) atoms. The van der Waals surface area contributed by atoms with E-state index in [0.29, 0.717) is 17.9 Å². The van der Waals surface area contributed by atoms with Gasteiger partial charge in [-0.3, -0.25) is 5.32 Å². The highest BCUT2D eigenvalue weighted by atomic mass is 16.6. The van der Waals surface area contributed by atoms with E-state index in [1.165, 1.54) is 7.11 Å². The third-order valence-corrected chi connectivity index (χ3v) is 2.87. The van der Waals surface area contributed by atoms with Crippen LogP contribution in [0.2, 0.25) is 0 Å². The number of nitrogens with one attached hydrogen (secondary N) is 2. The summed E-state index contributed by atoms with van der Waals surface area (Å²) in [5.74, 6) is 0.570. The molecule has 2 N–H and O–H groups in total. The maximum atomic E-state index is 11.5. The second-order valence-corrected chi connectivity index (χ2v) is 4.13. The quantitative estimate of drug-likeness (QED) is 0.848. The van der Waals surface area contributed by atoms with Crippen molar-refractivity contribution in [3.8, 4) is 11.8 Å². The summed E-state index contributed by atoms with van der Waals surface area (Å²) in [6.45, 7) is 1.17. The Bertz CT molecular complexity index is 506. The van der Waals surface area contributed by atoms with E-state index in [0.717, 1.165) is 18.5 Å². The molecule has 1 aliphatic rings. The van der Waals surface area contributed by atoms with Crippen LogP contribution in [0.3, 0.4) is 0 Å². The molecule has 1 aromatic carbocycles. The van der Waals surface area contributed by atoms with Crippen molar-refractivity contribution in [3.63, 3.8) is 0 Å². The van der Waals surface area contributed by atoms with Gasteiger partial charge < -0.3 is 14.8 Å². The number of nitrogens with zero attached hydrogens (tertiary/aromatic N) is 1. The van der Waals surface area contributed by atoms with Gasteiger partial charge in [-0.2, -0.15) is 5.26 Å². The van der Waals surface area contributed by atoms with Crippen molar-refractivity contribution < 1.29 is 14.3 Å². The highest BCUT2D eigenvalue weighted by Gasteiger charge is 2.20. The fourth-order valence-electron chi connectivity index (χ4n) is 1.66. The molecule has 0 bridgehead atoms. The van der Waals surface area contributed by atoms with Gasteiger partial charge in [0.1, 0.15) is 5.75 Å². The van der Waals surface area contributed by atoms with Crippen molar-refractivity contribution in [2.24, 2.45) is 0 Å². The second-order valence-electron chi connectivity index (χ2n) is 4.13. The fraction of sp³-hybridized carbons (Fsp3) is 0.385. The zero-order valence-electron chi connectivity index (χ0n) is 10.6. The molecule has 0 spiro atoms. The van der Waals surface area contributed by atoms with Gasteiger partial charge in [-0.05, 0) is 12.1 Å². The van der Waals surface area contributed by atoms with Crippen LogP contribution in [0, 0.1) is 11.3 Å². The number of methoxy groups -OCH3 is 1. The third kappa shape index (κ3) is 3.36. The van der Waals surface area contributed by atoms with Crippen LogP contribution in [0.1, 0.15) is 17.5 Å². The smallest absolute Gasteiger partial charge is 0.408 e. The van der Waals surface area contributed by atoms with Crippen LogP contribution in [0.5, 0.6) is 5.75 Å². The Morgan fingerprint density at radius 2 is 2.42 bits per heavy atom. The molecule has 1 atom stereocenters. The molecule has 1 unspecified atom stereocenters. The van der Waals surface area contributed by atoms with E-state index in [2.05, 4.69) is 10.6 Å². The summed E-state index contributed by atoms with van der Waals surface area (Å²) in [7, 11) is 1.52. The summed E-state index contributed by atoms with van der Waals surface area (Å²) >= 11 is 0. The molecular weight excluding hydrogens is 246 g/mol. The van der Waals surface area contributed by atoms with Crippen molar-refractivity contribution in [2.45, 2.75) is 19.2 Å². The number of nitriles is 1. The molecule has 1 fully saturated rings. The van der Waals surface area contributed by atoms with Gasteiger partial charge in [0.05, 0.1) is 18.7 Å². The van der Waals surface area contributed by atoms with Gasteiger partial charge in [0.15, 0.2) is 6.23 Å². The lowest BCUT2D eigenvalue weighted by atomic mass is 10.1. The SMILES string of the molecule is COc1cc(C#N)ccc1CNC(=O)OC1CCN1. The summed E-state index contributed by atoms with van der Waals surface area (Å²) in [6, 6.07) is 7.10. The van der Waals surface area contributed by atoms with E-state index >= 15 is 0 Å². The second kappa shape index (κ2) is 6.07. The molecule has 0 aromatic heterocycles. The van der Waals surface area contributed by atoms with E-state index in [1.54, 1.807) is 18.2 Å². The minimum Gasteiger partial charge on any atom is -0.496 e. The van der Waals surface area contributed by atoms with Crippen molar-refractivity contribution in [2.75, 3.05) is 13.7 Å². The zero-order valence-corrected chi connectivity index (χ0v) is 10.6. The van der Waals surface area contributed by atoms with E-state index in [9.17, 15) is 4.79 Å². The van der Waals surface area contributed by atoms with E-state index in [-0.39, 0.29) is 6.23 Å². The molecule has 0 saturated carbocycles. The van der Waals surface area contributed by atoms with Gasteiger partial charge >= 0.3 is 6.09 Å². The number of carbonyl (C=O) groups excluding carboxylic acids is 1. The number of hydrogen-bond donors (Lipinski definition) is 2. The largest absolute Gasteiger partial charge is 0.496 e. The summed E-state index contributed by atoms with van der Waals surface area (Å²) in [5, 5.41) is 14.4. The van der Waals surface area contributed by atoms with E-state index < -0.39 is 6.09 Å². The van der Waals surface area contributed by atoms with Crippen LogP contribution in [0.25, 0.3) is 0 Å². The van der Waals surface area contributed by atoms with Gasteiger partial charge in [0.2, 0.25) is 0 Å². The predicted octanol–water partition coefficient (Wildman–Crippen LogP) is 1.11. The van der Waals surface area contributed by atoms with Crippen LogP contribution in [-0.2, 0) is 11.3 Å². The summed E-state index contributed by atoms with van der Waals surface area (Å²) in [5.41, 5.74) is 1.31. The van der Waals surface area contributed by atoms with Crippen molar-refractivity contribution in [3.05, 3.63) is 29.3 Å². The Morgan fingerprint density at radius 1 is 1.63 bits per heavy atom. The molecule has 1 aromatic rings. The molecule has 2 rings (SSSR count). The first-order valence-corrected chi connectivity index (χ1v) is 5.98. The molecular formula is C13H15N3O3. The minimum absolute atomic E-state index is 0.178. The van der Waals surface area contributed by atoms with Gasteiger partial charge in [-0.25, -0.2) is 4.79 Å². The van der Waals surface area contributed by atoms with Gasteiger partial charge in [0.25, 0.3) is 0 Å². The molecule has 1 heterocycles. The highest BCUT2D eigenvalue weighted by molar-refractivity contribution is 5.67. The highest BCUT2D eigenvalue weighted by Crippen LogP contribution is 2.19. The number of alkyl carbamates (subject to hydrolysis) is 1. The molecule has 6 heteroatoms. The van der Waals surface area contributed by atoms with E-state index in [1.807, 2.05) is 6.07 Å². The average Bonchev–Trinajstić information content (AvgIpc) is 2.40. The lowest BCUT2D eigenvalue weighted by Gasteiger charge is -2.26. The van der Waals surface area contributed by atoms with Crippen LogP contribution >= 0.6 is 0 Å². The van der Waals surface area contributed by atoms with E-state index in [4.69, 9.17) is 14.7 Å². The molecule has 0 aliphatic carbocycles. The predicted molar refractivity (Wildman–Crippen MR) is 67.4 cm³/mol. The molecule has 0 radical (unpaired) electrons. The topological polar surface area (TPSA) is 83.4 Å². The van der Waals surface area contributed by atoms with Crippen LogP contribution < -0.4 is 15.4 Å². The number of ether oxygens (including phenoxy) is 2. The molecule has 1 amide bonds. The first-order valence-electron chi connectivity index (χ1n) is 5.98. The number of carbonyl (C=O) groups is 1. The lowest BCUT2D eigenvalue weighted by Crippen LogP contribution is -2.47. The first-order chi connectivity index (χ1) is 9.22. The molecule has 1 aliphatic heterocycles. The summed E-state index contributed by atoms with van der Waals surface area (Å²) < 4.78 is 10.3.